The number of aromatic nitrogens is 3. The van der Waals surface area contributed by atoms with E-state index in [9.17, 15) is 4.79 Å². The van der Waals surface area contributed by atoms with Crippen LogP contribution in [0.3, 0.4) is 0 Å². The van der Waals surface area contributed by atoms with E-state index < -0.39 is 0 Å². The topological polar surface area (TPSA) is 101 Å². The molecule has 4 aromatic rings. The van der Waals surface area contributed by atoms with Gasteiger partial charge in [0, 0.05) is 18.3 Å². The molecule has 1 aliphatic heterocycles. The molecule has 0 atom stereocenters. The summed E-state index contributed by atoms with van der Waals surface area (Å²) < 4.78 is 23.2. The van der Waals surface area contributed by atoms with E-state index in [2.05, 4.69) is 15.5 Å². The largest absolute Gasteiger partial charge is 0.497 e. The molecule has 0 bridgehead atoms. The highest BCUT2D eigenvalue weighted by atomic mass is 16.7. The van der Waals surface area contributed by atoms with Crippen LogP contribution in [0.2, 0.25) is 0 Å². The summed E-state index contributed by atoms with van der Waals surface area (Å²) in [7, 11) is 1.61. The van der Waals surface area contributed by atoms with Crippen molar-refractivity contribution in [1.29, 1.82) is 0 Å². The monoisotopic (exact) mass is 432 g/mol. The van der Waals surface area contributed by atoms with E-state index in [4.69, 9.17) is 18.7 Å². The van der Waals surface area contributed by atoms with Gasteiger partial charge in [0.1, 0.15) is 18.0 Å². The Morgan fingerprint density at radius 3 is 2.94 bits per heavy atom. The van der Waals surface area contributed by atoms with Gasteiger partial charge in [0.05, 0.1) is 7.11 Å². The summed E-state index contributed by atoms with van der Waals surface area (Å²) in [5.74, 6) is 2.69. The van der Waals surface area contributed by atoms with Gasteiger partial charge in [0.2, 0.25) is 18.5 Å². The summed E-state index contributed by atoms with van der Waals surface area (Å²) in [6, 6.07) is 16.7. The molecule has 9 heteroatoms. The number of methoxy groups -OCH3 is 1. The van der Waals surface area contributed by atoms with Crippen LogP contribution in [0.1, 0.15) is 5.56 Å². The lowest BCUT2D eigenvalue weighted by Gasteiger charge is -2.09. The SMILES string of the molecule is COc1cccc(CNC(=O)Cn2cccc2-c2nc(-c3ccc4c(c3)OCO4)no2)c1. The molecule has 32 heavy (non-hydrogen) atoms. The third kappa shape index (κ3) is 4.00. The van der Waals surface area contributed by atoms with Crippen LogP contribution in [-0.4, -0.2) is 34.5 Å². The van der Waals surface area contributed by atoms with Gasteiger partial charge in [-0.1, -0.05) is 17.3 Å². The molecule has 9 nitrogen and oxygen atoms in total. The lowest BCUT2D eigenvalue weighted by atomic mass is 10.2. The number of carbonyl (C=O) groups excluding carboxylic acids is 1. The first-order valence-electron chi connectivity index (χ1n) is 9.98. The fourth-order valence-corrected chi connectivity index (χ4v) is 3.42. The lowest BCUT2D eigenvalue weighted by Crippen LogP contribution is -2.27. The zero-order chi connectivity index (χ0) is 21.9. The Morgan fingerprint density at radius 2 is 2.03 bits per heavy atom. The number of ether oxygens (including phenoxy) is 3. The maximum atomic E-state index is 12.5. The summed E-state index contributed by atoms with van der Waals surface area (Å²) in [5.41, 5.74) is 2.36. The first kappa shape index (κ1) is 19.7. The zero-order valence-electron chi connectivity index (χ0n) is 17.3. The van der Waals surface area contributed by atoms with Crippen LogP contribution in [0.25, 0.3) is 23.0 Å². The van der Waals surface area contributed by atoms with Crippen molar-refractivity contribution in [3.05, 3.63) is 66.4 Å². The number of hydrogen-bond donors (Lipinski definition) is 1. The van der Waals surface area contributed by atoms with Crippen LogP contribution in [0.15, 0.2) is 65.3 Å². The van der Waals surface area contributed by atoms with Gasteiger partial charge in [-0.05, 0) is 48.0 Å². The molecule has 0 spiro atoms. The molecule has 0 saturated carbocycles. The van der Waals surface area contributed by atoms with Crippen LogP contribution in [0.5, 0.6) is 17.2 Å². The van der Waals surface area contributed by atoms with Crippen LogP contribution >= 0.6 is 0 Å². The maximum absolute atomic E-state index is 12.5. The molecular formula is C23H20N4O5. The van der Waals surface area contributed by atoms with Gasteiger partial charge < -0.3 is 28.6 Å². The smallest absolute Gasteiger partial charge is 0.274 e. The van der Waals surface area contributed by atoms with E-state index in [1.807, 2.05) is 54.6 Å². The molecule has 0 radical (unpaired) electrons. The van der Waals surface area contributed by atoms with Crippen molar-refractivity contribution in [2.45, 2.75) is 13.1 Å². The number of nitrogens with zero attached hydrogens (tertiary/aromatic N) is 3. The summed E-state index contributed by atoms with van der Waals surface area (Å²) in [5, 5.41) is 6.99. The molecule has 5 rings (SSSR count). The second-order valence-corrected chi connectivity index (χ2v) is 7.14. The molecule has 0 saturated heterocycles. The summed E-state index contributed by atoms with van der Waals surface area (Å²) in [6.07, 6.45) is 1.80. The number of amides is 1. The molecule has 0 fully saturated rings. The summed E-state index contributed by atoms with van der Waals surface area (Å²) in [6.45, 7) is 0.721. The minimum Gasteiger partial charge on any atom is -0.497 e. The van der Waals surface area contributed by atoms with Crippen LogP contribution in [-0.2, 0) is 17.9 Å². The summed E-state index contributed by atoms with van der Waals surface area (Å²) in [4.78, 5) is 17.0. The first-order valence-corrected chi connectivity index (χ1v) is 9.98. The van der Waals surface area contributed by atoms with E-state index in [0.29, 0.717) is 35.5 Å². The average molecular weight is 432 g/mol. The summed E-state index contributed by atoms with van der Waals surface area (Å²) >= 11 is 0. The fraction of sp³-hybridized carbons (Fsp3) is 0.174. The van der Waals surface area contributed by atoms with Gasteiger partial charge in [-0.3, -0.25) is 4.79 Å². The standard InChI is InChI=1S/C23H20N4O5/c1-29-17-5-2-4-15(10-17)12-24-21(28)13-27-9-3-6-18(27)23-25-22(26-32-23)16-7-8-19-20(11-16)31-14-30-19/h2-11H,12-14H2,1H3,(H,24,28). The van der Waals surface area contributed by atoms with E-state index in [1.165, 1.54) is 0 Å². The Hall–Kier alpha value is -4.27. The molecule has 1 aliphatic rings. The van der Waals surface area contributed by atoms with E-state index in [0.717, 1.165) is 16.9 Å². The molecule has 0 unspecified atom stereocenters. The molecular weight excluding hydrogens is 412 g/mol. The fourth-order valence-electron chi connectivity index (χ4n) is 3.42. The molecule has 0 aliphatic carbocycles. The van der Waals surface area contributed by atoms with Gasteiger partial charge in [-0.2, -0.15) is 4.98 Å². The highest BCUT2D eigenvalue weighted by Crippen LogP contribution is 2.35. The Bertz CT molecular complexity index is 1260. The molecule has 2 aromatic heterocycles. The highest BCUT2D eigenvalue weighted by Gasteiger charge is 2.18. The molecule has 162 valence electrons. The van der Waals surface area contributed by atoms with Crippen LogP contribution < -0.4 is 19.5 Å². The van der Waals surface area contributed by atoms with Gasteiger partial charge in [-0.25, -0.2) is 0 Å². The van der Waals surface area contributed by atoms with E-state index in [1.54, 1.807) is 17.9 Å². The molecule has 2 aromatic carbocycles. The van der Waals surface area contributed by atoms with E-state index >= 15 is 0 Å². The van der Waals surface area contributed by atoms with Gasteiger partial charge in [0.15, 0.2) is 11.5 Å². The lowest BCUT2D eigenvalue weighted by molar-refractivity contribution is -0.121. The minimum absolute atomic E-state index is 0.119. The van der Waals surface area contributed by atoms with Crippen molar-refractivity contribution < 1.29 is 23.5 Å². The number of fused-ring (bicyclic) bond motifs is 1. The van der Waals surface area contributed by atoms with Crippen molar-refractivity contribution in [1.82, 2.24) is 20.0 Å². The Labute approximate surface area is 183 Å². The van der Waals surface area contributed by atoms with Crippen molar-refractivity contribution in [3.8, 4) is 40.2 Å². The maximum Gasteiger partial charge on any atom is 0.274 e. The predicted molar refractivity (Wildman–Crippen MR) is 114 cm³/mol. The zero-order valence-corrected chi connectivity index (χ0v) is 17.3. The molecule has 1 amide bonds. The normalized spacial score (nSPS) is 12.0. The van der Waals surface area contributed by atoms with Gasteiger partial charge >= 0.3 is 0 Å². The van der Waals surface area contributed by atoms with E-state index in [-0.39, 0.29) is 19.2 Å². The third-order valence-corrected chi connectivity index (χ3v) is 5.04. The quantitative estimate of drug-likeness (QED) is 0.478. The van der Waals surface area contributed by atoms with Crippen LogP contribution in [0.4, 0.5) is 0 Å². The van der Waals surface area contributed by atoms with Crippen molar-refractivity contribution in [3.63, 3.8) is 0 Å². The second-order valence-electron chi connectivity index (χ2n) is 7.14. The Morgan fingerprint density at radius 1 is 1.12 bits per heavy atom. The number of carbonyl (C=O) groups is 1. The van der Waals surface area contributed by atoms with Crippen LogP contribution in [0, 0.1) is 0 Å². The predicted octanol–water partition coefficient (Wildman–Crippen LogP) is 3.26. The number of rotatable bonds is 7. The number of benzene rings is 2. The average Bonchev–Trinajstić information content (AvgIpc) is 3.57. The highest BCUT2D eigenvalue weighted by molar-refractivity contribution is 5.76. The number of nitrogens with one attached hydrogen (secondary N) is 1. The van der Waals surface area contributed by atoms with Gasteiger partial charge in [0.25, 0.3) is 5.89 Å². The Kier molecular flexibility index (Phi) is 5.20. The van der Waals surface area contributed by atoms with Crippen molar-refractivity contribution in [2.24, 2.45) is 0 Å². The molecule has 1 N–H and O–H groups in total. The van der Waals surface area contributed by atoms with Crippen molar-refractivity contribution >= 4 is 5.91 Å². The van der Waals surface area contributed by atoms with Crippen molar-refractivity contribution in [2.75, 3.05) is 13.9 Å². The van der Waals surface area contributed by atoms with Gasteiger partial charge in [-0.15, -0.1) is 0 Å². The first-order chi connectivity index (χ1) is 15.7. The minimum atomic E-state index is -0.138. The number of hydrogen-bond acceptors (Lipinski definition) is 7. The third-order valence-electron chi connectivity index (χ3n) is 5.04. The second kappa shape index (κ2) is 8.46. The molecule has 3 heterocycles. The Balaban J connectivity index is 1.27.